The smallest absolute Gasteiger partial charge is 0.271 e. The summed E-state index contributed by atoms with van der Waals surface area (Å²) in [5.74, 6) is 0.583. The van der Waals surface area contributed by atoms with Gasteiger partial charge in [0.15, 0.2) is 0 Å². The van der Waals surface area contributed by atoms with Crippen molar-refractivity contribution in [3.8, 4) is 5.69 Å². The molecule has 0 bridgehead atoms. The van der Waals surface area contributed by atoms with Gasteiger partial charge in [-0.1, -0.05) is 17.7 Å². The molecule has 0 unspecified atom stereocenters. The Labute approximate surface area is 93.7 Å². The lowest BCUT2D eigenvalue weighted by Gasteiger charge is -2.02. The molecule has 0 aliphatic heterocycles. The van der Waals surface area contributed by atoms with Crippen molar-refractivity contribution in [1.82, 2.24) is 9.78 Å². The zero-order valence-corrected chi connectivity index (χ0v) is 9.23. The zero-order valence-electron chi connectivity index (χ0n) is 9.23. The minimum Gasteiger partial charge on any atom is -0.295 e. The van der Waals surface area contributed by atoms with Gasteiger partial charge in [-0.25, -0.2) is 4.68 Å². The van der Waals surface area contributed by atoms with Gasteiger partial charge in [-0.3, -0.25) is 9.89 Å². The molecule has 3 heteroatoms. The largest absolute Gasteiger partial charge is 0.295 e. The molecule has 1 aromatic carbocycles. The first kappa shape index (κ1) is 9.46. The van der Waals surface area contributed by atoms with Gasteiger partial charge in [0, 0.05) is 17.7 Å². The SMILES string of the molecule is Cc1ccc(-n2[nH]c(C3CC3)cc2=O)cc1. The van der Waals surface area contributed by atoms with E-state index in [1.54, 1.807) is 10.7 Å². The molecule has 16 heavy (non-hydrogen) atoms. The van der Waals surface area contributed by atoms with Crippen LogP contribution in [0.25, 0.3) is 5.69 Å². The van der Waals surface area contributed by atoms with Crippen LogP contribution in [0.15, 0.2) is 35.1 Å². The number of aromatic nitrogens is 2. The third-order valence-electron chi connectivity index (χ3n) is 3.05. The molecule has 1 N–H and O–H groups in total. The third-order valence-corrected chi connectivity index (χ3v) is 3.05. The van der Waals surface area contributed by atoms with Crippen LogP contribution in [0.2, 0.25) is 0 Å². The molecule has 3 rings (SSSR count). The summed E-state index contributed by atoms with van der Waals surface area (Å²) in [5, 5.41) is 3.18. The lowest BCUT2D eigenvalue weighted by molar-refractivity contribution is 0.816. The van der Waals surface area contributed by atoms with Crippen LogP contribution in [-0.4, -0.2) is 9.78 Å². The van der Waals surface area contributed by atoms with Crippen molar-refractivity contribution in [2.45, 2.75) is 25.7 Å². The highest BCUT2D eigenvalue weighted by Crippen LogP contribution is 2.38. The molecule has 2 aromatic rings. The van der Waals surface area contributed by atoms with Crippen LogP contribution in [0, 0.1) is 6.92 Å². The maximum Gasteiger partial charge on any atom is 0.271 e. The summed E-state index contributed by atoms with van der Waals surface area (Å²) in [7, 11) is 0. The second kappa shape index (κ2) is 3.37. The van der Waals surface area contributed by atoms with E-state index in [4.69, 9.17) is 0 Å². The number of hydrogen-bond donors (Lipinski definition) is 1. The summed E-state index contributed by atoms with van der Waals surface area (Å²) in [6, 6.07) is 9.67. The number of aryl methyl sites for hydroxylation is 1. The van der Waals surface area contributed by atoms with Crippen LogP contribution in [0.1, 0.15) is 30.0 Å². The minimum atomic E-state index is 0.0331. The molecule has 0 spiro atoms. The maximum absolute atomic E-state index is 11.8. The highest BCUT2D eigenvalue weighted by atomic mass is 16.1. The van der Waals surface area contributed by atoms with E-state index in [9.17, 15) is 4.79 Å². The predicted octanol–water partition coefficient (Wildman–Crippen LogP) is 2.35. The van der Waals surface area contributed by atoms with Gasteiger partial charge in [0.05, 0.1) is 5.69 Å². The van der Waals surface area contributed by atoms with E-state index in [1.807, 2.05) is 31.2 Å². The summed E-state index contributed by atoms with van der Waals surface area (Å²) >= 11 is 0. The summed E-state index contributed by atoms with van der Waals surface area (Å²) in [6.07, 6.45) is 2.40. The average molecular weight is 214 g/mol. The van der Waals surface area contributed by atoms with Gasteiger partial charge in [0.25, 0.3) is 5.56 Å². The van der Waals surface area contributed by atoms with Crippen LogP contribution in [0.4, 0.5) is 0 Å². The highest BCUT2D eigenvalue weighted by Gasteiger charge is 2.26. The maximum atomic E-state index is 11.8. The molecule has 0 saturated heterocycles. The minimum absolute atomic E-state index is 0.0331. The molecule has 1 aliphatic carbocycles. The Hall–Kier alpha value is -1.77. The number of hydrogen-bond acceptors (Lipinski definition) is 1. The van der Waals surface area contributed by atoms with Crippen LogP contribution in [0.5, 0.6) is 0 Å². The van der Waals surface area contributed by atoms with Crippen molar-refractivity contribution in [3.05, 3.63) is 51.9 Å². The van der Waals surface area contributed by atoms with E-state index in [-0.39, 0.29) is 5.56 Å². The second-order valence-corrected chi connectivity index (χ2v) is 4.49. The fraction of sp³-hybridized carbons (Fsp3) is 0.308. The second-order valence-electron chi connectivity index (χ2n) is 4.49. The Bertz CT molecular complexity index is 558. The molecule has 0 amide bonds. The molecular formula is C13H14N2O. The first-order chi connectivity index (χ1) is 7.74. The first-order valence-electron chi connectivity index (χ1n) is 5.63. The van der Waals surface area contributed by atoms with Crippen molar-refractivity contribution >= 4 is 0 Å². The number of aromatic amines is 1. The van der Waals surface area contributed by atoms with Crippen LogP contribution in [0.3, 0.4) is 0 Å². The molecule has 0 radical (unpaired) electrons. The molecule has 1 aromatic heterocycles. The van der Waals surface area contributed by atoms with E-state index in [0.717, 1.165) is 11.4 Å². The van der Waals surface area contributed by atoms with Crippen molar-refractivity contribution < 1.29 is 0 Å². The van der Waals surface area contributed by atoms with Crippen molar-refractivity contribution in [3.63, 3.8) is 0 Å². The fourth-order valence-corrected chi connectivity index (χ4v) is 1.90. The summed E-state index contributed by atoms with van der Waals surface area (Å²) in [5.41, 5.74) is 3.21. The number of rotatable bonds is 2. The number of nitrogens with one attached hydrogen (secondary N) is 1. The lowest BCUT2D eigenvalue weighted by Crippen LogP contribution is -2.13. The molecule has 1 fully saturated rings. The molecule has 1 saturated carbocycles. The molecular weight excluding hydrogens is 200 g/mol. The molecule has 82 valence electrons. The van der Waals surface area contributed by atoms with Gasteiger partial charge < -0.3 is 0 Å². The Balaban J connectivity index is 2.05. The Morgan fingerprint density at radius 2 is 1.94 bits per heavy atom. The normalized spacial score (nSPS) is 15.3. The van der Waals surface area contributed by atoms with Crippen LogP contribution >= 0.6 is 0 Å². The summed E-state index contributed by atoms with van der Waals surface area (Å²) in [6.45, 7) is 2.04. The monoisotopic (exact) mass is 214 g/mol. The van der Waals surface area contributed by atoms with E-state index < -0.39 is 0 Å². The Morgan fingerprint density at radius 1 is 1.25 bits per heavy atom. The molecule has 1 heterocycles. The average Bonchev–Trinajstić information content (AvgIpc) is 3.04. The van der Waals surface area contributed by atoms with E-state index >= 15 is 0 Å². The van der Waals surface area contributed by atoms with E-state index in [0.29, 0.717) is 5.92 Å². The van der Waals surface area contributed by atoms with E-state index in [1.165, 1.54) is 18.4 Å². The first-order valence-corrected chi connectivity index (χ1v) is 5.63. The van der Waals surface area contributed by atoms with Crippen LogP contribution in [-0.2, 0) is 0 Å². The topological polar surface area (TPSA) is 37.8 Å². The molecule has 0 atom stereocenters. The van der Waals surface area contributed by atoms with Crippen LogP contribution < -0.4 is 5.56 Å². The van der Waals surface area contributed by atoms with E-state index in [2.05, 4.69) is 5.10 Å². The number of benzene rings is 1. The number of nitrogens with zero attached hydrogens (tertiary/aromatic N) is 1. The van der Waals surface area contributed by atoms with Crippen molar-refractivity contribution in [2.75, 3.05) is 0 Å². The van der Waals surface area contributed by atoms with Gasteiger partial charge >= 0.3 is 0 Å². The predicted molar refractivity (Wildman–Crippen MR) is 63.1 cm³/mol. The quantitative estimate of drug-likeness (QED) is 0.818. The summed E-state index contributed by atoms with van der Waals surface area (Å²) < 4.78 is 1.62. The highest BCUT2D eigenvalue weighted by molar-refractivity contribution is 5.34. The third kappa shape index (κ3) is 1.58. The van der Waals surface area contributed by atoms with Gasteiger partial charge in [0.1, 0.15) is 0 Å². The van der Waals surface area contributed by atoms with Gasteiger partial charge in [-0.15, -0.1) is 0 Å². The molecule has 1 aliphatic rings. The lowest BCUT2D eigenvalue weighted by atomic mass is 10.2. The van der Waals surface area contributed by atoms with Crippen molar-refractivity contribution in [1.29, 1.82) is 0 Å². The Kier molecular flexibility index (Phi) is 1.99. The fourth-order valence-electron chi connectivity index (χ4n) is 1.90. The Morgan fingerprint density at radius 3 is 2.56 bits per heavy atom. The van der Waals surface area contributed by atoms with Gasteiger partial charge in [-0.05, 0) is 31.9 Å². The van der Waals surface area contributed by atoms with Gasteiger partial charge in [-0.2, -0.15) is 0 Å². The van der Waals surface area contributed by atoms with Gasteiger partial charge in [0.2, 0.25) is 0 Å². The summed E-state index contributed by atoms with van der Waals surface area (Å²) in [4.78, 5) is 11.8. The number of H-pyrrole nitrogens is 1. The standard InChI is InChI=1S/C13H14N2O/c1-9-2-6-11(7-3-9)15-13(16)8-12(14-15)10-4-5-10/h2-3,6-8,10,14H,4-5H2,1H3. The zero-order chi connectivity index (χ0) is 11.1. The van der Waals surface area contributed by atoms with Crippen molar-refractivity contribution in [2.24, 2.45) is 0 Å². The molecule has 3 nitrogen and oxygen atoms in total.